The third-order valence-electron chi connectivity index (χ3n) is 3.58. The van der Waals surface area contributed by atoms with Crippen molar-refractivity contribution >= 4 is 44.8 Å². The summed E-state index contributed by atoms with van der Waals surface area (Å²) < 4.78 is 6.23. The molecule has 0 saturated carbocycles. The molecule has 0 bridgehead atoms. The molecule has 0 unspecified atom stereocenters. The van der Waals surface area contributed by atoms with E-state index in [2.05, 4.69) is 22.0 Å². The van der Waals surface area contributed by atoms with Gasteiger partial charge in [0.25, 0.3) is 5.91 Å². The topological polar surface area (TPSA) is 33.5 Å². The Bertz CT molecular complexity index is 803. The van der Waals surface area contributed by atoms with E-state index in [0.717, 1.165) is 16.7 Å². The number of benzene rings is 1. The molecule has 0 atom stereocenters. The summed E-state index contributed by atoms with van der Waals surface area (Å²) in [5.74, 6) is 0.648. The number of rotatable bonds is 6. The lowest BCUT2D eigenvalue weighted by Crippen LogP contribution is -2.32. The summed E-state index contributed by atoms with van der Waals surface area (Å²) in [5.41, 5.74) is 0.490. The Kier molecular flexibility index (Phi) is 5.76. The molecule has 24 heavy (non-hydrogen) atoms. The van der Waals surface area contributed by atoms with Gasteiger partial charge in [0.05, 0.1) is 23.4 Å². The molecule has 3 rings (SSSR count). The summed E-state index contributed by atoms with van der Waals surface area (Å²) >= 11 is 11.3. The van der Waals surface area contributed by atoms with Gasteiger partial charge in [0.15, 0.2) is 0 Å². The van der Waals surface area contributed by atoms with Crippen LogP contribution in [0.25, 0.3) is 0 Å². The summed E-state index contributed by atoms with van der Waals surface area (Å²) in [6.45, 7) is 1.02. The Balaban J connectivity index is 1.82. The van der Waals surface area contributed by atoms with E-state index in [9.17, 15) is 4.79 Å². The monoisotopic (exact) mass is 423 g/mol. The molecule has 0 aliphatic heterocycles. The lowest BCUT2D eigenvalue weighted by atomic mass is 10.2. The molecule has 2 heterocycles. The van der Waals surface area contributed by atoms with Crippen LogP contribution in [0, 0.1) is 0 Å². The molecular weight excluding hydrogens is 410 g/mol. The number of furan rings is 1. The van der Waals surface area contributed by atoms with E-state index in [0.29, 0.717) is 23.7 Å². The Morgan fingerprint density at radius 3 is 2.83 bits per heavy atom. The van der Waals surface area contributed by atoms with Crippen LogP contribution in [0.5, 0.6) is 0 Å². The summed E-state index contributed by atoms with van der Waals surface area (Å²) in [5, 5.41) is 2.49. The molecule has 0 spiro atoms. The highest BCUT2D eigenvalue weighted by Gasteiger charge is 2.20. The normalized spacial score (nSPS) is 10.8. The van der Waals surface area contributed by atoms with Crippen molar-refractivity contribution in [1.82, 2.24) is 4.90 Å². The van der Waals surface area contributed by atoms with Crippen molar-refractivity contribution in [1.29, 1.82) is 0 Å². The molecule has 1 aromatic carbocycles. The summed E-state index contributed by atoms with van der Waals surface area (Å²) in [6.07, 6.45) is 2.42. The molecule has 0 aliphatic carbocycles. The first-order valence-corrected chi connectivity index (χ1v) is 9.47. The number of amides is 1. The van der Waals surface area contributed by atoms with Gasteiger partial charge in [-0.15, -0.1) is 11.3 Å². The Morgan fingerprint density at radius 2 is 2.12 bits per heavy atom. The van der Waals surface area contributed by atoms with E-state index < -0.39 is 0 Å². The first-order valence-electron chi connectivity index (χ1n) is 7.42. The van der Waals surface area contributed by atoms with Gasteiger partial charge in [-0.05, 0) is 48.2 Å². The van der Waals surface area contributed by atoms with Crippen LogP contribution in [0.1, 0.15) is 21.0 Å². The highest BCUT2D eigenvalue weighted by atomic mass is 79.9. The van der Waals surface area contributed by atoms with Crippen molar-refractivity contribution in [3.05, 3.63) is 79.8 Å². The van der Waals surface area contributed by atoms with Gasteiger partial charge in [0.1, 0.15) is 5.76 Å². The van der Waals surface area contributed by atoms with Crippen LogP contribution >= 0.6 is 38.9 Å². The lowest BCUT2D eigenvalue weighted by molar-refractivity contribution is 0.0734. The molecule has 0 radical (unpaired) electrons. The Labute approximate surface area is 158 Å². The van der Waals surface area contributed by atoms with E-state index in [1.807, 2.05) is 29.6 Å². The van der Waals surface area contributed by atoms with E-state index in [1.54, 1.807) is 34.6 Å². The smallest absolute Gasteiger partial charge is 0.255 e. The van der Waals surface area contributed by atoms with Crippen molar-refractivity contribution in [3.63, 3.8) is 0 Å². The van der Waals surface area contributed by atoms with Crippen molar-refractivity contribution in [2.75, 3.05) is 6.54 Å². The third-order valence-corrected chi connectivity index (χ3v) is 5.34. The SMILES string of the molecule is O=C(c1cc(Br)ccc1Cl)N(CCc1cccs1)Cc1ccco1. The second kappa shape index (κ2) is 8.01. The summed E-state index contributed by atoms with van der Waals surface area (Å²) in [4.78, 5) is 16.0. The number of halogens is 2. The van der Waals surface area contributed by atoms with E-state index in [4.69, 9.17) is 16.0 Å². The van der Waals surface area contributed by atoms with Crippen LogP contribution < -0.4 is 0 Å². The van der Waals surface area contributed by atoms with Gasteiger partial charge in [0.2, 0.25) is 0 Å². The first-order chi connectivity index (χ1) is 11.6. The van der Waals surface area contributed by atoms with Gasteiger partial charge >= 0.3 is 0 Å². The van der Waals surface area contributed by atoms with Crippen LogP contribution in [0.3, 0.4) is 0 Å². The average Bonchev–Trinajstić information content (AvgIpc) is 3.26. The molecule has 1 amide bonds. The minimum absolute atomic E-state index is 0.103. The van der Waals surface area contributed by atoms with Crippen molar-refractivity contribution in [2.45, 2.75) is 13.0 Å². The molecule has 2 aromatic heterocycles. The maximum atomic E-state index is 13.0. The highest BCUT2D eigenvalue weighted by Crippen LogP contribution is 2.23. The van der Waals surface area contributed by atoms with Gasteiger partial charge in [-0.25, -0.2) is 0 Å². The molecule has 6 heteroatoms. The zero-order valence-corrected chi connectivity index (χ0v) is 15.9. The molecule has 124 valence electrons. The van der Waals surface area contributed by atoms with Crippen molar-refractivity contribution < 1.29 is 9.21 Å². The maximum Gasteiger partial charge on any atom is 0.255 e. The minimum atomic E-state index is -0.103. The molecular formula is C18H15BrClNO2S. The molecule has 3 aromatic rings. The third kappa shape index (κ3) is 4.29. The van der Waals surface area contributed by atoms with Crippen LogP contribution in [0.15, 0.2) is 63.0 Å². The first kappa shape index (κ1) is 17.3. The number of hydrogen-bond donors (Lipinski definition) is 0. The van der Waals surface area contributed by atoms with Crippen LogP contribution in [0.2, 0.25) is 5.02 Å². The predicted molar refractivity (Wildman–Crippen MR) is 101 cm³/mol. The van der Waals surface area contributed by atoms with E-state index in [-0.39, 0.29) is 5.91 Å². The zero-order valence-electron chi connectivity index (χ0n) is 12.7. The van der Waals surface area contributed by atoms with Crippen molar-refractivity contribution in [2.24, 2.45) is 0 Å². The Hall–Kier alpha value is -1.56. The molecule has 0 N–H and O–H groups in total. The summed E-state index contributed by atoms with van der Waals surface area (Å²) in [7, 11) is 0. The minimum Gasteiger partial charge on any atom is -0.467 e. The number of nitrogens with zero attached hydrogens (tertiary/aromatic N) is 1. The fourth-order valence-electron chi connectivity index (χ4n) is 2.37. The predicted octanol–water partition coefficient (Wildman–Crippen LogP) is 5.64. The van der Waals surface area contributed by atoms with Crippen LogP contribution in [-0.4, -0.2) is 17.4 Å². The van der Waals surface area contributed by atoms with Gasteiger partial charge in [-0.1, -0.05) is 33.6 Å². The van der Waals surface area contributed by atoms with Crippen LogP contribution in [-0.2, 0) is 13.0 Å². The second-order valence-electron chi connectivity index (χ2n) is 5.26. The van der Waals surface area contributed by atoms with Gasteiger partial charge in [0, 0.05) is 15.9 Å². The second-order valence-corrected chi connectivity index (χ2v) is 7.61. The summed E-state index contributed by atoms with van der Waals surface area (Å²) in [6, 6.07) is 13.1. The number of thiophene rings is 1. The number of hydrogen-bond acceptors (Lipinski definition) is 3. The van der Waals surface area contributed by atoms with E-state index in [1.165, 1.54) is 4.88 Å². The molecule has 3 nitrogen and oxygen atoms in total. The van der Waals surface area contributed by atoms with Gasteiger partial charge in [-0.3, -0.25) is 4.79 Å². The highest BCUT2D eigenvalue weighted by molar-refractivity contribution is 9.10. The fourth-order valence-corrected chi connectivity index (χ4v) is 3.63. The number of carbonyl (C=O) groups excluding carboxylic acids is 1. The van der Waals surface area contributed by atoms with E-state index >= 15 is 0 Å². The zero-order chi connectivity index (χ0) is 16.9. The molecule has 0 fully saturated rings. The maximum absolute atomic E-state index is 13.0. The Morgan fingerprint density at radius 1 is 1.25 bits per heavy atom. The largest absolute Gasteiger partial charge is 0.467 e. The average molecular weight is 425 g/mol. The fraction of sp³-hybridized carbons (Fsp3) is 0.167. The van der Waals surface area contributed by atoms with Crippen LogP contribution in [0.4, 0.5) is 0 Å². The lowest BCUT2D eigenvalue weighted by Gasteiger charge is -2.22. The number of carbonyl (C=O) groups is 1. The van der Waals surface area contributed by atoms with Gasteiger partial charge < -0.3 is 9.32 Å². The standard InChI is InChI=1S/C18H15BrClNO2S/c19-13-5-6-17(20)16(11-13)18(22)21(12-14-3-1-9-23-14)8-7-15-4-2-10-24-15/h1-6,9-11H,7-8,12H2. The quantitative estimate of drug-likeness (QED) is 0.513. The molecule has 0 saturated heterocycles. The van der Waals surface area contributed by atoms with Gasteiger partial charge in [-0.2, -0.15) is 0 Å². The van der Waals surface area contributed by atoms with Crippen molar-refractivity contribution in [3.8, 4) is 0 Å². The molecule has 0 aliphatic rings.